The monoisotopic (exact) mass is 1960 g/mol. The normalized spacial score (nSPS) is 16.6. The first kappa shape index (κ1) is 99.9. The van der Waals surface area contributed by atoms with E-state index < -0.39 is 0 Å². The van der Waals surface area contributed by atoms with Gasteiger partial charge in [-0.1, -0.05) is 272 Å². The highest BCUT2D eigenvalue weighted by Gasteiger charge is 2.32. The van der Waals surface area contributed by atoms with E-state index in [0.717, 1.165) is 213 Å². The van der Waals surface area contributed by atoms with E-state index in [-0.39, 0.29) is 36.6 Å². The third-order valence-electron chi connectivity index (χ3n) is 21.4. The smallest absolute Gasteiger partial charge is 0.169 e. The van der Waals surface area contributed by atoms with Gasteiger partial charge >= 0.3 is 0 Å². The van der Waals surface area contributed by atoms with Gasteiger partial charge in [0.1, 0.15) is 82.0 Å². The van der Waals surface area contributed by atoms with E-state index in [1.54, 1.807) is 31.4 Å². The van der Waals surface area contributed by atoms with Gasteiger partial charge in [-0.15, -0.1) is 0 Å². The van der Waals surface area contributed by atoms with Crippen LogP contribution in [0.2, 0.25) is 45.2 Å². The first-order valence-electron chi connectivity index (χ1n) is 44.1. The molecule has 6 aliphatic rings. The minimum atomic E-state index is -0.0242. The summed E-state index contributed by atoms with van der Waals surface area (Å²) < 4.78 is 77.3. The lowest BCUT2D eigenvalue weighted by atomic mass is 10.0. The molecule has 6 atom stereocenters. The van der Waals surface area contributed by atoms with Crippen LogP contribution >= 0.6 is 104 Å². The number of likely N-dealkylation sites (N-methyl/N-ethyl adjacent to an activating group) is 3. The molecule has 696 valence electrons. The highest BCUT2D eigenvalue weighted by atomic mass is 35.5. The standard InChI is InChI=1S/2C18H19Cl2NO2.C18H20ClNO2.C17H17Cl2NO2.C17H18ClNO3.C16H16ClNO2/c1-2-9-21-10-12-11-22-16-8-4-6-14(18(16)23-12)13-5-3-7-15(19)17(13)20;1-2-8-21-10-13-11-22-17-5-3-4-15(18(17)23-13)14-7-6-12(19)9-16(14)20;1-12(2)20-10-13-11-21-17-9-5-7-15(18(17)22-13)14-6-3-4-8-16(14)19;1-2-20-9-12-10-21-16-5-3-4-14(17(16)22-12)13-7-6-11(18)8-15(13)19;1-19-9-12-10-21-16-5-3-4-13(17(16)22-12)14-8-11(18)6-7-15(14)20-2;1-18-9-11-10-19-15-8-4-6-13(16(15)20-11)12-5-2-3-7-14(12)17/h3-8,12,21H,2,9-11H2,1H3;3-7,9,13,21H,2,8,10-11H2,1H3;3-9,12-13,20H,10-11H2,1-2H3;3-8,12,20H,2,9-10H2,1H3;3-8,12,19H,9-10H2,1-2H3;2-8,11,18H,9-10H2,1H3. The van der Waals surface area contributed by atoms with Gasteiger partial charge in [0.2, 0.25) is 0 Å². The van der Waals surface area contributed by atoms with Crippen molar-refractivity contribution in [2.45, 2.75) is 90.1 Å². The number of benzene rings is 12. The predicted octanol–water partition coefficient (Wildman–Crippen LogP) is 24.9. The third kappa shape index (κ3) is 26.5. The minimum Gasteiger partial charge on any atom is -0.496 e. The Kier molecular flexibility index (Phi) is 37.9. The van der Waals surface area contributed by atoms with Crippen molar-refractivity contribution in [1.82, 2.24) is 31.9 Å². The van der Waals surface area contributed by atoms with E-state index in [1.807, 2.05) is 220 Å². The van der Waals surface area contributed by atoms with Gasteiger partial charge in [0.25, 0.3) is 0 Å². The van der Waals surface area contributed by atoms with Crippen LogP contribution in [0.4, 0.5) is 0 Å². The highest BCUT2D eigenvalue weighted by Crippen LogP contribution is 2.51. The highest BCUT2D eigenvalue weighted by molar-refractivity contribution is 6.44. The molecule has 12 aromatic carbocycles. The summed E-state index contributed by atoms with van der Waals surface area (Å²) in [6, 6.07) is 73.1. The molecule has 28 heteroatoms. The van der Waals surface area contributed by atoms with Crippen molar-refractivity contribution in [1.29, 1.82) is 0 Å². The summed E-state index contributed by atoms with van der Waals surface area (Å²) in [5, 5.41) is 25.1. The lowest BCUT2D eigenvalue weighted by Crippen LogP contribution is -2.40. The molecule has 0 spiro atoms. The van der Waals surface area contributed by atoms with Gasteiger partial charge in [-0.3, -0.25) is 0 Å². The van der Waals surface area contributed by atoms with Crippen molar-refractivity contribution in [2.75, 3.05) is 120 Å². The molecular formula is C104H109Cl9N6O13. The van der Waals surface area contributed by atoms with Crippen molar-refractivity contribution in [2.24, 2.45) is 0 Å². The average molecular weight is 1970 g/mol. The molecule has 19 nitrogen and oxygen atoms in total. The summed E-state index contributed by atoms with van der Waals surface area (Å²) >= 11 is 55.9. The molecule has 0 aromatic heterocycles. The maximum Gasteiger partial charge on any atom is 0.169 e. The molecule has 0 amide bonds. The number of rotatable bonds is 25. The summed E-state index contributed by atoms with van der Waals surface area (Å²) in [7, 11) is 5.44. The molecule has 132 heavy (non-hydrogen) atoms. The van der Waals surface area contributed by atoms with E-state index in [1.165, 1.54) is 0 Å². The first-order chi connectivity index (χ1) is 64.2. The van der Waals surface area contributed by atoms with Gasteiger partial charge in [0, 0.05) is 137 Å². The van der Waals surface area contributed by atoms with Crippen LogP contribution in [0, 0.1) is 0 Å². The zero-order chi connectivity index (χ0) is 93.0. The lowest BCUT2D eigenvalue weighted by Gasteiger charge is -2.29. The summed E-state index contributed by atoms with van der Waals surface area (Å²) in [5.74, 6) is 9.76. The number of hydrogen-bond donors (Lipinski definition) is 6. The molecular weight excluding hydrogens is 1860 g/mol. The lowest BCUT2D eigenvalue weighted by molar-refractivity contribution is 0.0897. The van der Waals surface area contributed by atoms with Crippen molar-refractivity contribution in [3.63, 3.8) is 0 Å². The van der Waals surface area contributed by atoms with Gasteiger partial charge in [0.15, 0.2) is 69.0 Å². The molecule has 6 unspecified atom stereocenters. The summed E-state index contributed by atoms with van der Waals surface area (Å²) in [6.07, 6.45) is 2.12. The molecule has 0 fully saturated rings. The van der Waals surface area contributed by atoms with E-state index in [4.69, 9.17) is 166 Å². The number of nitrogens with one attached hydrogen (secondary N) is 6. The summed E-state index contributed by atoms with van der Waals surface area (Å²) in [5.41, 5.74) is 11.0. The van der Waals surface area contributed by atoms with E-state index >= 15 is 0 Å². The van der Waals surface area contributed by atoms with Gasteiger partial charge in [-0.25, -0.2) is 0 Å². The van der Waals surface area contributed by atoms with E-state index in [9.17, 15) is 0 Å². The fourth-order valence-corrected chi connectivity index (χ4v) is 17.1. The fourth-order valence-electron chi connectivity index (χ4n) is 15.1. The fraction of sp³-hybridized carbons (Fsp3) is 0.308. The Labute approximate surface area is 818 Å². The zero-order valence-corrected chi connectivity index (χ0v) is 81.5. The Balaban J connectivity index is 0.000000135. The van der Waals surface area contributed by atoms with Crippen LogP contribution in [0.5, 0.6) is 74.7 Å². The third-order valence-corrected chi connectivity index (χ3v) is 24.2. The molecule has 6 N–H and O–H groups in total. The van der Waals surface area contributed by atoms with Crippen LogP contribution in [0.3, 0.4) is 0 Å². The predicted molar refractivity (Wildman–Crippen MR) is 538 cm³/mol. The van der Waals surface area contributed by atoms with Crippen LogP contribution in [0.15, 0.2) is 231 Å². The van der Waals surface area contributed by atoms with Gasteiger partial charge in [-0.2, -0.15) is 0 Å². The summed E-state index contributed by atoms with van der Waals surface area (Å²) in [6.45, 7) is 21.2. The van der Waals surface area contributed by atoms with Gasteiger partial charge in [-0.05, 0) is 144 Å². The quantitative estimate of drug-likeness (QED) is 0.0296. The Morgan fingerprint density at radius 1 is 0.295 bits per heavy atom. The molecule has 6 heterocycles. The maximum absolute atomic E-state index is 6.37. The van der Waals surface area contributed by atoms with Crippen molar-refractivity contribution >= 4 is 104 Å². The van der Waals surface area contributed by atoms with Gasteiger partial charge < -0.3 is 93.5 Å². The zero-order valence-electron chi connectivity index (χ0n) is 74.7. The van der Waals surface area contributed by atoms with E-state index in [2.05, 4.69) is 66.5 Å². The molecule has 0 radical (unpaired) electrons. The maximum atomic E-state index is 6.37. The van der Waals surface area contributed by atoms with Crippen LogP contribution in [-0.2, 0) is 0 Å². The van der Waals surface area contributed by atoms with Gasteiger partial charge in [0.05, 0.1) is 27.2 Å². The molecule has 12 aromatic rings. The number of hydrogen-bond acceptors (Lipinski definition) is 19. The SMILES string of the molecule is CC(C)NCC1COc2cccc(-c3ccccc3Cl)c2O1.CCCNCC1COc2cccc(-c3ccc(Cl)cc3Cl)c2O1.CCCNCC1COc2cccc(-c3cccc(Cl)c3Cl)c2O1.CCNCC1COc2cccc(-c3ccc(Cl)cc3Cl)c2O1.CNCC1COc2cccc(-c3cc(Cl)ccc3OC)c2O1.CNCC1COc2cccc(-c3ccccc3Cl)c2O1. The second kappa shape index (κ2) is 50.1. The number of para-hydroxylation sites is 6. The van der Waals surface area contributed by atoms with Crippen molar-refractivity contribution in [3.8, 4) is 142 Å². The second-order valence-corrected chi connectivity index (χ2v) is 35.4. The van der Waals surface area contributed by atoms with E-state index in [0.29, 0.717) is 90.9 Å². The van der Waals surface area contributed by atoms with Crippen LogP contribution in [-0.4, -0.2) is 162 Å². The number of fused-ring (bicyclic) bond motifs is 6. The second-order valence-electron chi connectivity index (χ2n) is 31.7. The molecule has 0 bridgehead atoms. The van der Waals surface area contributed by atoms with Crippen LogP contribution in [0.25, 0.3) is 66.8 Å². The molecule has 18 rings (SSSR count). The Morgan fingerprint density at radius 2 is 0.583 bits per heavy atom. The van der Waals surface area contributed by atoms with Crippen molar-refractivity contribution < 1.29 is 61.6 Å². The minimum absolute atomic E-state index is 0.00135. The molecule has 0 saturated carbocycles. The van der Waals surface area contributed by atoms with Crippen LogP contribution < -0.4 is 93.5 Å². The Bertz CT molecular complexity index is 5800. The molecule has 0 aliphatic carbocycles. The van der Waals surface area contributed by atoms with Crippen LogP contribution in [0.1, 0.15) is 47.5 Å². The number of halogens is 9. The largest absolute Gasteiger partial charge is 0.496 e. The Morgan fingerprint density at radius 3 is 0.917 bits per heavy atom. The summed E-state index contributed by atoms with van der Waals surface area (Å²) in [4.78, 5) is 0. The molecule has 0 saturated heterocycles. The number of ether oxygens (including phenoxy) is 13. The van der Waals surface area contributed by atoms with Crippen molar-refractivity contribution in [3.05, 3.63) is 276 Å². The topological polar surface area (TPSA) is 192 Å². The first-order valence-corrected chi connectivity index (χ1v) is 47.5. The Hall–Kier alpha value is -9.59. The average Bonchev–Trinajstić information content (AvgIpc) is 0.790. The molecule has 6 aliphatic heterocycles. The number of methoxy groups -OCH3 is 1.